The lowest BCUT2D eigenvalue weighted by atomic mass is 10.0. The fraction of sp³-hybridized carbons (Fsp3) is 0.214. The second-order valence-electron chi connectivity index (χ2n) is 3.72. The fourth-order valence-electron chi connectivity index (χ4n) is 1.60. The van der Waals surface area contributed by atoms with Crippen LogP contribution in [0.5, 0.6) is 0 Å². The lowest BCUT2D eigenvalue weighted by molar-refractivity contribution is -0.137. The Hall–Kier alpha value is -2.03. The third-order valence-corrected chi connectivity index (χ3v) is 2.37. The molecule has 0 spiro atoms. The SMILES string of the molecule is C=CC(=C(C(=O)OC)N(C)C)c1ccccc1. The standard InChI is InChI=1S/C14H17NO2/c1-5-12(11-9-7-6-8-10-11)13(15(2)3)14(16)17-4/h5-10H,1H2,2-4H3. The van der Waals surface area contributed by atoms with E-state index in [0.717, 1.165) is 11.1 Å². The van der Waals surface area contributed by atoms with Gasteiger partial charge in [0.15, 0.2) is 0 Å². The molecule has 0 unspecified atom stereocenters. The summed E-state index contributed by atoms with van der Waals surface area (Å²) in [6.07, 6.45) is 1.67. The van der Waals surface area contributed by atoms with Gasteiger partial charge in [0, 0.05) is 19.7 Å². The molecule has 0 saturated carbocycles. The lowest BCUT2D eigenvalue weighted by Gasteiger charge is -2.18. The Morgan fingerprint density at radius 3 is 2.29 bits per heavy atom. The van der Waals surface area contributed by atoms with Crippen molar-refractivity contribution in [3.8, 4) is 0 Å². The number of likely N-dealkylation sites (N-methyl/N-ethyl adjacent to an activating group) is 1. The molecule has 0 aliphatic heterocycles. The summed E-state index contributed by atoms with van der Waals surface area (Å²) < 4.78 is 4.79. The van der Waals surface area contributed by atoms with Gasteiger partial charge in [0.2, 0.25) is 0 Å². The number of ether oxygens (including phenoxy) is 1. The molecule has 0 aliphatic rings. The molecule has 90 valence electrons. The minimum absolute atomic E-state index is 0.367. The van der Waals surface area contributed by atoms with Crippen LogP contribution in [-0.2, 0) is 9.53 Å². The van der Waals surface area contributed by atoms with E-state index in [1.807, 2.05) is 30.3 Å². The first-order valence-corrected chi connectivity index (χ1v) is 5.29. The van der Waals surface area contributed by atoms with Crippen LogP contribution in [0, 0.1) is 0 Å². The minimum Gasteiger partial charge on any atom is -0.464 e. The Morgan fingerprint density at radius 2 is 1.88 bits per heavy atom. The van der Waals surface area contributed by atoms with Gasteiger partial charge < -0.3 is 9.64 Å². The molecule has 17 heavy (non-hydrogen) atoms. The van der Waals surface area contributed by atoms with Crippen LogP contribution >= 0.6 is 0 Å². The fourth-order valence-corrected chi connectivity index (χ4v) is 1.60. The number of rotatable bonds is 4. The maximum absolute atomic E-state index is 11.8. The molecule has 0 amide bonds. The third kappa shape index (κ3) is 2.97. The Kier molecular flexibility index (Phi) is 4.52. The molecule has 1 aromatic carbocycles. The molecule has 1 aromatic rings. The van der Waals surface area contributed by atoms with Gasteiger partial charge in [-0.15, -0.1) is 0 Å². The summed E-state index contributed by atoms with van der Waals surface area (Å²) in [4.78, 5) is 13.5. The van der Waals surface area contributed by atoms with Crippen LogP contribution < -0.4 is 0 Å². The number of carbonyl (C=O) groups is 1. The highest BCUT2D eigenvalue weighted by Crippen LogP contribution is 2.21. The van der Waals surface area contributed by atoms with Gasteiger partial charge in [-0.25, -0.2) is 4.79 Å². The second-order valence-corrected chi connectivity index (χ2v) is 3.72. The Labute approximate surface area is 102 Å². The van der Waals surface area contributed by atoms with Crippen LogP contribution in [0.2, 0.25) is 0 Å². The number of allylic oxidation sites excluding steroid dienone is 2. The van der Waals surface area contributed by atoms with Crippen molar-refractivity contribution >= 4 is 11.5 Å². The zero-order valence-electron chi connectivity index (χ0n) is 10.4. The van der Waals surface area contributed by atoms with Crippen LogP contribution in [-0.4, -0.2) is 32.1 Å². The molecule has 0 heterocycles. The zero-order valence-corrected chi connectivity index (χ0v) is 10.4. The van der Waals surface area contributed by atoms with Crippen LogP contribution in [0.1, 0.15) is 5.56 Å². The van der Waals surface area contributed by atoms with Gasteiger partial charge in [0.1, 0.15) is 5.70 Å². The predicted molar refractivity (Wildman–Crippen MR) is 69.3 cm³/mol. The Balaban J connectivity index is 3.37. The van der Waals surface area contributed by atoms with Crippen molar-refractivity contribution < 1.29 is 9.53 Å². The van der Waals surface area contributed by atoms with Crippen LogP contribution in [0.4, 0.5) is 0 Å². The number of hydrogen-bond donors (Lipinski definition) is 0. The number of nitrogens with zero attached hydrogens (tertiary/aromatic N) is 1. The number of esters is 1. The van der Waals surface area contributed by atoms with Crippen molar-refractivity contribution in [3.63, 3.8) is 0 Å². The quantitative estimate of drug-likeness (QED) is 0.452. The van der Waals surface area contributed by atoms with E-state index in [4.69, 9.17) is 4.74 Å². The first kappa shape index (κ1) is 13.0. The molecular weight excluding hydrogens is 214 g/mol. The maximum atomic E-state index is 11.8. The molecule has 3 heteroatoms. The van der Waals surface area contributed by atoms with Crippen molar-refractivity contribution in [2.75, 3.05) is 21.2 Å². The van der Waals surface area contributed by atoms with E-state index in [1.54, 1.807) is 25.1 Å². The summed E-state index contributed by atoms with van der Waals surface area (Å²) in [6, 6.07) is 9.64. The Morgan fingerprint density at radius 1 is 1.29 bits per heavy atom. The van der Waals surface area contributed by atoms with Crippen LogP contribution in [0.3, 0.4) is 0 Å². The number of hydrogen-bond acceptors (Lipinski definition) is 3. The molecule has 3 nitrogen and oxygen atoms in total. The van der Waals surface area contributed by atoms with E-state index in [9.17, 15) is 4.79 Å². The molecule has 0 aliphatic carbocycles. The van der Waals surface area contributed by atoms with E-state index in [0.29, 0.717) is 5.70 Å². The largest absolute Gasteiger partial charge is 0.464 e. The van der Waals surface area contributed by atoms with Crippen molar-refractivity contribution in [3.05, 3.63) is 54.2 Å². The Bertz CT molecular complexity index is 433. The number of benzene rings is 1. The lowest BCUT2D eigenvalue weighted by Crippen LogP contribution is -2.22. The predicted octanol–water partition coefficient (Wildman–Crippen LogP) is 2.32. The van der Waals surface area contributed by atoms with Gasteiger partial charge >= 0.3 is 5.97 Å². The minimum atomic E-state index is -0.367. The van der Waals surface area contributed by atoms with E-state index < -0.39 is 0 Å². The summed E-state index contributed by atoms with van der Waals surface area (Å²) >= 11 is 0. The van der Waals surface area contributed by atoms with Gasteiger partial charge in [-0.3, -0.25) is 0 Å². The molecule has 0 bridgehead atoms. The molecule has 0 atom stereocenters. The highest BCUT2D eigenvalue weighted by atomic mass is 16.5. The van der Waals surface area contributed by atoms with Gasteiger partial charge in [0.05, 0.1) is 7.11 Å². The summed E-state index contributed by atoms with van der Waals surface area (Å²) in [6.45, 7) is 3.77. The van der Waals surface area contributed by atoms with Crippen molar-refractivity contribution in [1.82, 2.24) is 4.90 Å². The molecular formula is C14H17NO2. The number of methoxy groups -OCH3 is 1. The molecule has 0 N–H and O–H groups in total. The molecule has 0 radical (unpaired) electrons. The normalized spacial score (nSPS) is 11.5. The van der Waals surface area contributed by atoms with E-state index in [1.165, 1.54) is 7.11 Å². The van der Waals surface area contributed by atoms with Crippen molar-refractivity contribution in [1.29, 1.82) is 0 Å². The summed E-state index contributed by atoms with van der Waals surface area (Å²) in [7, 11) is 4.98. The summed E-state index contributed by atoms with van der Waals surface area (Å²) in [5, 5.41) is 0. The molecule has 0 aromatic heterocycles. The molecule has 0 fully saturated rings. The maximum Gasteiger partial charge on any atom is 0.354 e. The molecule has 1 rings (SSSR count). The first-order valence-electron chi connectivity index (χ1n) is 5.29. The summed E-state index contributed by atoms with van der Waals surface area (Å²) in [5.41, 5.74) is 2.20. The monoisotopic (exact) mass is 231 g/mol. The van der Waals surface area contributed by atoms with Crippen LogP contribution in [0.25, 0.3) is 5.57 Å². The highest BCUT2D eigenvalue weighted by Gasteiger charge is 2.17. The highest BCUT2D eigenvalue weighted by molar-refractivity contribution is 5.99. The third-order valence-electron chi connectivity index (χ3n) is 2.37. The van der Waals surface area contributed by atoms with Gasteiger partial charge in [-0.1, -0.05) is 43.0 Å². The molecule has 0 saturated heterocycles. The summed E-state index contributed by atoms with van der Waals surface area (Å²) in [5.74, 6) is -0.367. The van der Waals surface area contributed by atoms with Crippen molar-refractivity contribution in [2.45, 2.75) is 0 Å². The average molecular weight is 231 g/mol. The zero-order chi connectivity index (χ0) is 12.8. The number of carbonyl (C=O) groups excluding carboxylic acids is 1. The average Bonchev–Trinajstić information content (AvgIpc) is 2.35. The van der Waals surface area contributed by atoms with Gasteiger partial charge in [-0.2, -0.15) is 0 Å². The smallest absolute Gasteiger partial charge is 0.354 e. The second kappa shape index (κ2) is 5.89. The van der Waals surface area contributed by atoms with E-state index in [2.05, 4.69) is 6.58 Å². The van der Waals surface area contributed by atoms with Crippen LogP contribution in [0.15, 0.2) is 48.7 Å². The van der Waals surface area contributed by atoms with E-state index in [-0.39, 0.29) is 5.97 Å². The van der Waals surface area contributed by atoms with Crippen molar-refractivity contribution in [2.24, 2.45) is 0 Å². The topological polar surface area (TPSA) is 29.5 Å². The van der Waals surface area contributed by atoms with Gasteiger partial charge in [0.25, 0.3) is 0 Å². The van der Waals surface area contributed by atoms with Gasteiger partial charge in [-0.05, 0) is 5.56 Å². The first-order chi connectivity index (χ1) is 8.11. The van der Waals surface area contributed by atoms with E-state index >= 15 is 0 Å².